The maximum absolute atomic E-state index is 15.0. The van der Waals surface area contributed by atoms with Gasteiger partial charge < -0.3 is 15.1 Å². The van der Waals surface area contributed by atoms with Crippen molar-refractivity contribution in [2.24, 2.45) is 5.92 Å². The molecule has 1 saturated carbocycles. The number of alkyl halides is 1. The van der Waals surface area contributed by atoms with Gasteiger partial charge in [0, 0.05) is 43.0 Å². The summed E-state index contributed by atoms with van der Waals surface area (Å²) >= 11 is 6.04. The van der Waals surface area contributed by atoms with Crippen LogP contribution in [0.1, 0.15) is 37.4 Å². The molecule has 8 heteroatoms. The van der Waals surface area contributed by atoms with Crippen molar-refractivity contribution in [1.29, 1.82) is 0 Å². The SMILES string of the molecule is Fc1ccc(C(F)C2CCN(C3=CNc4cc(Cl)ncc4N3C3CC3)CC2)c(F)c1. The molecule has 2 fully saturated rings. The van der Waals surface area contributed by atoms with Gasteiger partial charge >= 0.3 is 0 Å². The van der Waals surface area contributed by atoms with E-state index in [0.29, 0.717) is 37.1 Å². The predicted molar refractivity (Wildman–Crippen MR) is 111 cm³/mol. The summed E-state index contributed by atoms with van der Waals surface area (Å²) in [6.07, 6.45) is 5.76. The fourth-order valence-corrected chi connectivity index (χ4v) is 4.58. The molecule has 0 radical (unpaired) electrons. The summed E-state index contributed by atoms with van der Waals surface area (Å²) in [6, 6.07) is 5.33. The van der Waals surface area contributed by atoms with Crippen LogP contribution in [-0.2, 0) is 0 Å². The average Bonchev–Trinajstić information content (AvgIpc) is 3.57. The van der Waals surface area contributed by atoms with Gasteiger partial charge in [-0.1, -0.05) is 17.7 Å². The van der Waals surface area contributed by atoms with E-state index in [-0.39, 0.29) is 11.5 Å². The van der Waals surface area contributed by atoms with Crippen molar-refractivity contribution in [3.8, 4) is 0 Å². The number of likely N-dealkylation sites (tertiary alicyclic amines) is 1. The number of hydrogen-bond acceptors (Lipinski definition) is 4. The minimum atomic E-state index is -1.43. The van der Waals surface area contributed by atoms with Crippen molar-refractivity contribution in [3.63, 3.8) is 0 Å². The Morgan fingerprint density at radius 3 is 2.57 bits per heavy atom. The van der Waals surface area contributed by atoms with Crippen LogP contribution in [-0.4, -0.2) is 29.0 Å². The van der Waals surface area contributed by atoms with Gasteiger partial charge in [-0.25, -0.2) is 18.2 Å². The number of aromatic nitrogens is 1. The smallest absolute Gasteiger partial charge is 0.132 e. The molecule has 4 nitrogen and oxygen atoms in total. The molecule has 5 rings (SSSR count). The predicted octanol–water partition coefficient (Wildman–Crippen LogP) is 5.63. The van der Waals surface area contributed by atoms with Gasteiger partial charge in [-0.15, -0.1) is 0 Å². The lowest BCUT2D eigenvalue weighted by Crippen LogP contribution is -2.43. The summed E-state index contributed by atoms with van der Waals surface area (Å²) in [5, 5.41) is 3.75. The molecular weight excluding hydrogens is 413 g/mol. The number of nitrogens with zero attached hydrogens (tertiary/aromatic N) is 3. The van der Waals surface area contributed by atoms with E-state index < -0.39 is 17.8 Å². The number of rotatable bonds is 4. The van der Waals surface area contributed by atoms with Crippen molar-refractivity contribution < 1.29 is 13.2 Å². The Kier molecular flexibility index (Phi) is 5.01. The van der Waals surface area contributed by atoms with Gasteiger partial charge in [-0.3, -0.25) is 0 Å². The average molecular weight is 435 g/mol. The third-order valence-electron chi connectivity index (χ3n) is 6.16. The maximum atomic E-state index is 15.0. The fourth-order valence-electron chi connectivity index (χ4n) is 4.43. The van der Waals surface area contributed by atoms with Crippen LogP contribution in [0.4, 0.5) is 24.5 Å². The number of benzene rings is 1. The molecule has 2 aromatic rings. The van der Waals surface area contributed by atoms with Crippen LogP contribution in [0.5, 0.6) is 0 Å². The highest BCUT2D eigenvalue weighted by Crippen LogP contribution is 2.43. The number of piperidine rings is 1. The molecule has 158 valence electrons. The Hall–Kier alpha value is -2.41. The lowest BCUT2D eigenvalue weighted by atomic mass is 9.88. The monoisotopic (exact) mass is 434 g/mol. The number of hydrogen-bond donors (Lipinski definition) is 1. The zero-order valence-electron chi connectivity index (χ0n) is 16.3. The molecule has 1 aliphatic carbocycles. The van der Waals surface area contributed by atoms with Gasteiger partial charge in [-0.05, 0) is 37.7 Å². The number of anilines is 2. The zero-order valence-corrected chi connectivity index (χ0v) is 17.0. The van der Waals surface area contributed by atoms with Crippen molar-refractivity contribution in [2.75, 3.05) is 23.3 Å². The quantitative estimate of drug-likeness (QED) is 0.632. The van der Waals surface area contributed by atoms with E-state index in [1.165, 1.54) is 6.07 Å². The summed E-state index contributed by atoms with van der Waals surface area (Å²) in [5.74, 6) is -0.741. The largest absolute Gasteiger partial charge is 0.357 e. The normalized spacial score (nSPS) is 20.5. The second-order valence-electron chi connectivity index (χ2n) is 8.16. The van der Waals surface area contributed by atoms with Gasteiger partial charge in [0.05, 0.1) is 17.6 Å². The van der Waals surface area contributed by atoms with Crippen LogP contribution < -0.4 is 10.2 Å². The molecule has 1 saturated heterocycles. The Balaban J connectivity index is 1.30. The molecule has 1 aromatic heterocycles. The molecule has 0 bridgehead atoms. The molecule has 3 heterocycles. The molecule has 2 aliphatic heterocycles. The summed E-state index contributed by atoms with van der Waals surface area (Å²) in [6.45, 7) is 1.34. The third kappa shape index (κ3) is 3.60. The molecule has 1 N–H and O–H groups in total. The first-order valence-electron chi connectivity index (χ1n) is 10.3. The fraction of sp³-hybridized carbons (Fsp3) is 0.409. The first-order chi connectivity index (χ1) is 14.5. The minimum absolute atomic E-state index is 0.0510. The first-order valence-corrected chi connectivity index (χ1v) is 10.6. The Morgan fingerprint density at radius 1 is 1.10 bits per heavy atom. The lowest BCUT2D eigenvalue weighted by molar-refractivity contribution is 0.135. The van der Waals surface area contributed by atoms with E-state index in [1.54, 1.807) is 6.20 Å². The van der Waals surface area contributed by atoms with E-state index in [1.807, 2.05) is 12.3 Å². The van der Waals surface area contributed by atoms with E-state index in [4.69, 9.17) is 11.6 Å². The van der Waals surface area contributed by atoms with E-state index in [2.05, 4.69) is 20.1 Å². The molecule has 1 unspecified atom stereocenters. The number of halogens is 4. The molecule has 1 atom stereocenters. The standard InChI is InChI=1S/C22H22ClF3N4/c23-20-10-18-19(11-28-20)30(15-2-3-15)21(12-27-18)29-7-5-13(6-8-29)22(26)16-4-1-14(24)9-17(16)25/h1,4,9-13,15,22,27H,2-3,5-8H2. The van der Waals surface area contributed by atoms with E-state index in [9.17, 15) is 13.2 Å². The molecular formula is C22H22ClF3N4. The van der Waals surface area contributed by atoms with Crippen molar-refractivity contribution >= 4 is 23.0 Å². The van der Waals surface area contributed by atoms with Gasteiger partial charge in [-0.2, -0.15) is 0 Å². The summed E-state index contributed by atoms with van der Waals surface area (Å²) in [7, 11) is 0. The highest BCUT2D eigenvalue weighted by atomic mass is 35.5. The Morgan fingerprint density at radius 2 is 1.87 bits per heavy atom. The maximum Gasteiger partial charge on any atom is 0.132 e. The van der Waals surface area contributed by atoms with Crippen LogP contribution in [0.25, 0.3) is 0 Å². The minimum Gasteiger partial charge on any atom is -0.357 e. The highest BCUT2D eigenvalue weighted by molar-refractivity contribution is 6.29. The first kappa shape index (κ1) is 19.5. The van der Waals surface area contributed by atoms with Crippen molar-refractivity contribution in [2.45, 2.75) is 37.9 Å². The zero-order chi connectivity index (χ0) is 20.8. The van der Waals surface area contributed by atoms with E-state index in [0.717, 1.165) is 42.2 Å². The molecule has 3 aliphatic rings. The van der Waals surface area contributed by atoms with Crippen LogP contribution in [0.2, 0.25) is 5.15 Å². The summed E-state index contributed by atoms with van der Waals surface area (Å²) < 4.78 is 42.2. The molecule has 1 aromatic carbocycles. The van der Waals surface area contributed by atoms with Gasteiger partial charge in [0.15, 0.2) is 0 Å². The van der Waals surface area contributed by atoms with Crippen molar-refractivity contribution in [3.05, 3.63) is 64.8 Å². The molecule has 0 amide bonds. The Bertz CT molecular complexity index is 986. The van der Waals surface area contributed by atoms with Crippen LogP contribution in [0.15, 0.2) is 42.5 Å². The number of nitrogens with one attached hydrogen (secondary N) is 1. The second kappa shape index (κ2) is 7.69. The number of fused-ring (bicyclic) bond motifs is 1. The van der Waals surface area contributed by atoms with Crippen LogP contribution in [0, 0.1) is 17.6 Å². The Labute approximate surface area is 178 Å². The van der Waals surface area contributed by atoms with Crippen LogP contribution in [0.3, 0.4) is 0 Å². The third-order valence-corrected chi connectivity index (χ3v) is 6.37. The molecule has 30 heavy (non-hydrogen) atoms. The summed E-state index contributed by atoms with van der Waals surface area (Å²) in [4.78, 5) is 8.78. The molecule has 0 spiro atoms. The topological polar surface area (TPSA) is 31.4 Å². The lowest BCUT2D eigenvalue weighted by Gasteiger charge is -2.42. The van der Waals surface area contributed by atoms with E-state index >= 15 is 0 Å². The van der Waals surface area contributed by atoms with Crippen molar-refractivity contribution in [1.82, 2.24) is 9.88 Å². The van der Waals surface area contributed by atoms with Gasteiger partial charge in [0.2, 0.25) is 0 Å². The van der Waals surface area contributed by atoms with Gasteiger partial charge in [0.1, 0.15) is 28.8 Å². The highest BCUT2D eigenvalue weighted by Gasteiger charge is 2.38. The van der Waals surface area contributed by atoms with Crippen LogP contribution >= 0.6 is 11.6 Å². The second-order valence-corrected chi connectivity index (χ2v) is 8.55. The number of pyridine rings is 1. The van der Waals surface area contributed by atoms with Gasteiger partial charge in [0.25, 0.3) is 0 Å². The summed E-state index contributed by atoms with van der Waals surface area (Å²) in [5.41, 5.74) is 1.87.